The van der Waals surface area contributed by atoms with Crippen LogP contribution < -0.4 is 4.74 Å². The van der Waals surface area contributed by atoms with Gasteiger partial charge in [-0.25, -0.2) is 4.39 Å². The summed E-state index contributed by atoms with van der Waals surface area (Å²) in [6.45, 7) is 0. The van der Waals surface area contributed by atoms with Gasteiger partial charge in [0.05, 0.1) is 5.52 Å². The summed E-state index contributed by atoms with van der Waals surface area (Å²) in [5.74, 6) is 0.483. The summed E-state index contributed by atoms with van der Waals surface area (Å²) in [4.78, 5) is 4.13. The molecule has 1 saturated carbocycles. The molecular formula is C23H20FN3O. The van der Waals surface area contributed by atoms with E-state index < -0.39 is 0 Å². The van der Waals surface area contributed by atoms with E-state index in [9.17, 15) is 4.39 Å². The summed E-state index contributed by atoms with van der Waals surface area (Å²) in [7, 11) is 0. The second kappa shape index (κ2) is 7.08. The second-order valence-electron chi connectivity index (χ2n) is 7.15. The molecule has 1 aliphatic rings. The third-order valence-electron chi connectivity index (χ3n) is 5.30. The summed E-state index contributed by atoms with van der Waals surface area (Å²) in [5, 5.41) is 4.88. The van der Waals surface area contributed by atoms with Gasteiger partial charge < -0.3 is 4.74 Å². The first-order valence-electron chi connectivity index (χ1n) is 9.64. The van der Waals surface area contributed by atoms with Gasteiger partial charge in [-0.2, -0.15) is 9.61 Å². The van der Waals surface area contributed by atoms with E-state index >= 15 is 0 Å². The molecule has 5 heteroatoms. The van der Waals surface area contributed by atoms with Crippen LogP contribution in [-0.2, 0) is 0 Å². The molecular weight excluding hydrogens is 353 g/mol. The van der Waals surface area contributed by atoms with Crippen molar-refractivity contribution in [3.63, 3.8) is 0 Å². The first kappa shape index (κ1) is 16.9. The minimum Gasteiger partial charge on any atom is -0.474 e. The number of rotatable bonds is 4. The number of ether oxygens (including phenoxy) is 1. The minimum absolute atomic E-state index is 0.244. The van der Waals surface area contributed by atoms with Crippen LogP contribution >= 0.6 is 0 Å². The van der Waals surface area contributed by atoms with E-state index in [1.165, 1.54) is 25.0 Å². The van der Waals surface area contributed by atoms with Crippen molar-refractivity contribution < 1.29 is 9.13 Å². The minimum atomic E-state index is -0.261. The molecule has 0 N–H and O–H groups in total. The van der Waals surface area contributed by atoms with Crippen LogP contribution in [0.1, 0.15) is 25.7 Å². The van der Waals surface area contributed by atoms with E-state index in [4.69, 9.17) is 9.84 Å². The first-order chi connectivity index (χ1) is 13.8. The molecule has 5 rings (SSSR count). The molecule has 0 unspecified atom stereocenters. The lowest BCUT2D eigenvalue weighted by molar-refractivity contribution is 0.196. The number of aromatic nitrogens is 3. The van der Waals surface area contributed by atoms with Gasteiger partial charge in [0.2, 0.25) is 5.88 Å². The van der Waals surface area contributed by atoms with Crippen molar-refractivity contribution in [1.29, 1.82) is 0 Å². The number of nitrogens with zero attached hydrogens (tertiary/aromatic N) is 3. The highest BCUT2D eigenvalue weighted by atomic mass is 19.1. The quantitative estimate of drug-likeness (QED) is 0.473. The summed E-state index contributed by atoms with van der Waals surface area (Å²) in [6.07, 6.45) is 8.37. The first-order valence-corrected chi connectivity index (χ1v) is 9.64. The molecule has 0 radical (unpaired) electrons. The predicted molar refractivity (Wildman–Crippen MR) is 107 cm³/mol. The Hall–Kier alpha value is -3.21. The Morgan fingerprint density at radius 2 is 1.64 bits per heavy atom. The van der Waals surface area contributed by atoms with Gasteiger partial charge in [-0.15, -0.1) is 0 Å². The molecule has 1 aliphatic carbocycles. The Labute approximate surface area is 162 Å². The lowest BCUT2D eigenvalue weighted by Gasteiger charge is -2.13. The number of hydrogen-bond donors (Lipinski definition) is 0. The van der Waals surface area contributed by atoms with E-state index in [0.29, 0.717) is 0 Å². The molecule has 0 amide bonds. The fraction of sp³-hybridized carbons (Fsp3) is 0.217. The molecule has 0 bridgehead atoms. The topological polar surface area (TPSA) is 39.4 Å². The number of benzene rings is 1. The Kier molecular flexibility index (Phi) is 4.28. The maximum Gasteiger partial charge on any atom is 0.215 e. The van der Waals surface area contributed by atoms with Gasteiger partial charge >= 0.3 is 0 Å². The maximum absolute atomic E-state index is 13.5. The lowest BCUT2D eigenvalue weighted by atomic mass is 10.0. The van der Waals surface area contributed by atoms with Crippen molar-refractivity contribution in [1.82, 2.24) is 14.6 Å². The van der Waals surface area contributed by atoms with Crippen molar-refractivity contribution in [2.45, 2.75) is 31.8 Å². The van der Waals surface area contributed by atoms with Crippen LogP contribution in [0.5, 0.6) is 5.88 Å². The van der Waals surface area contributed by atoms with E-state index in [1.807, 2.05) is 34.8 Å². The normalized spacial score (nSPS) is 14.6. The Morgan fingerprint density at radius 1 is 0.893 bits per heavy atom. The molecule has 1 aromatic carbocycles. The van der Waals surface area contributed by atoms with Crippen LogP contribution in [0.15, 0.2) is 67.0 Å². The number of fused-ring (bicyclic) bond motifs is 1. The predicted octanol–water partition coefficient (Wildman–Crippen LogP) is 5.52. The zero-order valence-electron chi connectivity index (χ0n) is 15.4. The van der Waals surface area contributed by atoms with E-state index in [1.54, 1.807) is 24.5 Å². The van der Waals surface area contributed by atoms with Gasteiger partial charge in [-0.3, -0.25) is 4.98 Å². The Balaban J connectivity index is 1.71. The van der Waals surface area contributed by atoms with E-state index in [0.717, 1.165) is 46.6 Å². The van der Waals surface area contributed by atoms with Gasteiger partial charge in [0, 0.05) is 29.6 Å². The Bertz CT molecular complexity index is 1100. The Morgan fingerprint density at radius 3 is 2.39 bits per heavy atom. The summed E-state index contributed by atoms with van der Waals surface area (Å²) in [6, 6.07) is 16.4. The third kappa shape index (κ3) is 3.03. The number of hydrogen-bond acceptors (Lipinski definition) is 3. The van der Waals surface area contributed by atoms with Crippen molar-refractivity contribution in [3.05, 3.63) is 72.8 Å². The average molecular weight is 373 g/mol. The maximum atomic E-state index is 13.5. The molecule has 0 saturated heterocycles. The summed E-state index contributed by atoms with van der Waals surface area (Å²) >= 11 is 0. The number of halogens is 1. The standard InChI is InChI=1S/C23H20FN3O/c24-18-10-8-17(9-11-18)23-22(16-12-14-25-15-13-16)20-6-3-7-21(27(20)26-23)28-19-4-1-2-5-19/h3,6-15,19H,1-2,4-5H2. The monoisotopic (exact) mass is 373 g/mol. The van der Waals surface area contributed by atoms with Gasteiger partial charge in [-0.05, 0) is 73.7 Å². The van der Waals surface area contributed by atoms with E-state index in [-0.39, 0.29) is 11.9 Å². The lowest BCUT2D eigenvalue weighted by Crippen LogP contribution is -2.13. The van der Waals surface area contributed by atoms with Gasteiger partial charge in [0.25, 0.3) is 0 Å². The SMILES string of the molecule is Fc1ccc(-c2nn3c(OC4CCCC4)cccc3c2-c2ccncc2)cc1. The van der Waals surface area contributed by atoms with Crippen molar-refractivity contribution >= 4 is 5.52 Å². The van der Waals surface area contributed by atoms with E-state index in [2.05, 4.69) is 4.98 Å². The zero-order chi connectivity index (χ0) is 18.9. The molecule has 28 heavy (non-hydrogen) atoms. The molecule has 0 spiro atoms. The highest BCUT2D eigenvalue weighted by molar-refractivity contribution is 5.92. The van der Waals surface area contributed by atoms with Crippen molar-refractivity contribution in [2.75, 3.05) is 0 Å². The van der Waals surface area contributed by atoms with Crippen LogP contribution in [0.25, 0.3) is 27.9 Å². The fourth-order valence-electron chi connectivity index (χ4n) is 3.92. The zero-order valence-corrected chi connectivity index (χ0v) is 15.4. The summed E-state index contributed by atoms with van der Waals surface area (Å²) in [5.41, 5.74) is 4.63. The molecule has 140 valence electrons. The fourth-order valence-corrected chi connectivity index (χ4v) is 3.92. The second-order valence-corrected chi connectivity index (χ2v) is 7.15. The van der Waals surface area contributed by atoms with Gasteiger partial charge in [0.15, 0.2) is 0 Å². The molecule has 0 aliphatic heterocycles. The molecule has 4 nitrogen and oxygen atoms in total. The highest BCUT2D eigenvalue weighted by Crippen LogP contribution is 2.37. The molecule has 3 heterocycles. The molecule has 4 aromatic rings. The number of pyridine rings is 2. The van der Waals surface area contributed by atoms with Gasteiger partial charge in [-0.1, -0.05) is 6.07 Å². The van der Waals surface area contributed by atoms with Gasteiger partial charge in [0.1, 0.15) is 17.6 Å². The van der Waals surface area contributed by atoms with Crippen molar-refractivity contribution in [2.24, 2.45) is 0 Å². The van der Waals surface area contributed by atoms with Crippen LogP contribution in [0.3, 0.4) is 0 Å². The summed E-state index contributed by atoms with van der Waals surface area (Å²) < 4.78 is 21.6. The molecule has 0 atom stereocenters. The van der Waals surface area contributed by atoms with Crippen LogP contribution in [-0.4, -0.2) is 20.7 Å². The largest absolute Gasteiger partial charge is 0.474 e. The van der Waals surface area contributed by atoms with Crippen LogP contribution in [0.2, 0.25) is 0 Å². The molecule has 1 fully saturated rings. The molecule has 3 aromatic heterocycles. The highest BCUT2D eigenvalue weighted by Gasteiger charge is 2.21. The third-order valence-corrected chi connectivity index (χ3v) is 5.30. The van der Waals surface area contributed by atoms with Crippen molar-refractivity contribution in [3.8, 4) is 28.3 Å². The smallest absolute Gasteiger partial charge is 0.215 e. The average Bonchev–Trinajstić information content (AvgIpc) is 3.37. The van der Waals surface area contributed by atoms with Crippen LogP contribution in [0.4, 0.5) is 4.39 Å². The van der Waals surface area contributed by atoms with Crippen LogP contribution in [0, 0.1) is 5.82 Å².